The lowest BCUT2D eigenvalue weighted by molar-refractivity contribution is -0.126. The van der Waals surface area contributed by atoms with Gasteiger partial charge in [-0.05, 0) is 36.8 Å². The molecule has 31 heavy (non-hydrogen) atoms. The third-order valence-electron chi connectivity index (χ3n) is 5.31. The quantitative estimate of drug-likeness (QED) is 0.208. The molecule has 0 aliphatic carbocycles. The normalized spacial score (nSPS) is 20.8. The fourth-order valence-corrected chi connectivity index (χ4v) is 6.88. The van der Waals surface area contributed by atoms with E-state index >= 15 is 0 Å². The number of amides is 1. The summed E-state index contributed by atoms with van der Waals surface area (Å²) in [5.74, 6) is 1.23. The Labute approximate surface area is 196 Å². The first-order valence-electron chi connectivity index (χ1n) is 9.44. The van der Waals surface area contributed by atoms with E-state index in [0.29, 0.717) is 10.9 Å². The van der Waals surface area contributed by atoms with Crippen molar-refractivity contribution in [3.8, 4) is 5.75 Å². The second kappa shape index (κ2) is 8.05. The molecule has 2 aromatic carbocycles. The third-order valence-corrected chi connectivity index (χ3v) is 9.20. The summed E-state index contributed by atoms with van der Waals surface area (Å²) in [4.78, 5) is 18.9. The molecule has 0 bridgehead atoms. The number of alkyl halides is 1. The van der Waals surface area contributed by atoms with Gasteiger partial charge in [0.25, 0.3) is 5.91 Å². The fraction of sp³-hybridized carbons (Fsp3) is 0.238. The van der Waals surface area contributed by atoms with Crippen LogP contribution in [0.25, 0.3) is 10.2 Å². The first-order chi connectivity index (χ1) is 15.0. The van der Waals surface area contributed by atoms with Gasteiger partial charge < -0.3 is 4.74 Å². The molecule has 2 atom stereocenters. The van der Waals surface area contributed by atoms with E-state index in [-0.39, 0.29) is 5.91 Å². The average Bonchev–Trinajstić information content (AvgIpc) is 3.43. The van der Waals surface area contributed by atoms with Gasteiger partial charge in [0.05, 0.1) is 28.6 Å². The first kappa shape index (κ1) is 20.7. The Morgan fingerprint density at radius 1 is 1.16 bits per heavy atom. The SMILES string of the molecule is COc1ccc(C2(C)C(Cl)C(=O)N2c2nnc(CSc3nc4ccccc4s3)s2)cc1. The molecule has 5 rings (SSSR count). The van der Waals surface area contributed by atoms with E-state index in [2.05, 4.69) is 21.2 Å². The fourth-order valence-electron chi connectivity index (χ4n) is 3.56. The van der Waals surface area contributed by atoms with Crippen molar-refractivity contribution < 1.29 is 9.53 Å². The number of thioether (sulfide) groups is 1. The van der Waals surface area contributed by atoms with Gasteiger partial charge >= 0.3 is 0 Å². The number of anilines is 1. The van der Waals surface area contributed by atoms with Crippen LogP contribution in [0.15, 0.2) is 52.9 Å². The highest BCUT2D eigenvalue weighted by Crippen LogP contribution is 2.48. The molecule has 6 nitrogen and oxygen atoms in total. The van der Waals surface area contributed by atoms with Crippen LogP contribution in [0, 0.1) is 0 Å². The minimum atomic E-state index is -0.693. The zero-order valence-corrected chi connectivity index (χ0v) is 19.8. The van der Waals surface area contributed by atoms with E-state index in [0.717, 1.165) is 30.9 Å². The molecular formula is C21H17ClN4O2S3. The Balaban J connectivity index is 1.35. The van der Waals surface area contributed by atoms with Crippen LogP contribution in [0.3, 0.4) is 0 Å². The molecule has 1 fully saturated rings. The van der Waals surface area contributed by atoms with Gasteiger partial charge in [-0.1, -0.05) is 47.4 Å². The molecule has 1 aliphatic rings. The number of halogens is 1. The van der Waals surface area contributed by atoms with E-state index in [4.69, 9.17) is 16.3 Å². The summed E-state index contributed by atoms with van der Waals surface area (Å²) in [6.45, 7) is 1.95. The van der Waals surface area contributed by atoms with Gasteiger partial charge in [-0.25, -0.2) is 4.98 Å². The van der Waals surface area contributed by atoms with Crippen LogP contribution in [-0.4, -0.2) is 33.6 Å². The Morgan fingerprint density at radius 3 is 2.68 bits per heavy atom. The molecule has 0 N–H and O–H groups in total. The minimum Gasteiger partial charge on any atom is -0.497 e. The zero-order valence-electron chi connectivity index (χ0n) is 16.6. The summed E-state index contributed by atoms with van der Waals surface area (Å²) in [5, 5.41) is 9.32. The number of methoxy groups -OCH3 is 1. The van der Waals surface area contributed by atoms with Crippen LogP contribution in [0.4, 0.5) is 5.13 Å². The molecule has 3 heterocycles. The molecule has 0 radical (unpaired) electrons. The van der Waals surface area contributed by atoms with Gasteiger partial charge in [-0.15, -0.1) is 33.1 Å². The van der Waals surface area contributed by atoms with Crippen LogP contribution >= 0.6 is 46.0 Å². The molecule has 1 saturated heterocycles. The van der Waals surface area contributed by atoms with E-state index in [1.807, 2.05) is 49.4 Å². The van der Waals surface area contributed by atoms with Gasteiger partial charge in [0.2, 0.25) is 5.13 Å². The summed E-state index contributed by atoms with van der Waals surface area (Å²) < 4.78 is 7.39. The number of carbonyl (C=O) groups excluding carboxylic acids is 1. The van der Waals surface area contributed by atoms with E-state index < -0.39 is 10.9 Å². The minimum absolute atomic E-state index is 0.165. The van der Waals surface area contributed by atoms with Crippen molar-refractivity contribution in [2.45, 2.75) is 27.9 Å². The van der Waals surface area contributed by atoms with Crippen molar-refractivity contribution in [2.24, 2.45) is 0 Å². The molecule has 4 aromatic rings. The van der Waals surface area contributed by atoms with E-state index in [9.17, 15) is 4.79 Å². The van der Waals surface area contributed by atoms with Crippen molar-refractivity contribution in [1.82, 2.24) is 15.2 Å². The maximum absolute atomic E-state index is 12.7. The number of carbonyl (C=O) groups is 1. The maximum atomic E-state index is 12.7. The summed E-state index contributed by atoms with van der Waals surface area (Å²) in [6, 6.07) is 15.7. The zero-order chi connectivity index (χ0) is 21.6. The molecular weight excluding hydrogens is 472 g/mol. The predicted octanol–water partition coefficient (Wildman–Crippen LogP) is 5.32. The molecule has 1 amide bonds. The number of ether oxygens (including phenoxy) is 1. The van der Waals surface area contributed by atoms with Crippen molar-refractivity contribution in [3.05, 3.63) is 59.1 Å². The highest BCUT2D eigenvalue weighted by atomic mass is 35.5. The summed E-state index contributed by atoms with van der Waals surface area (Å²) >= 11 is 11.2. The van der Waals surface area contributed by atoms with Crippen molar-refractivity contribution in [3.63, 3.8) is 0 Å². The third kappa shape index (κ3) is 3.49. The maximum Gasteiger partial charge on any atom is 0.250 e. The number of aromatic nitrogens is 3. The molecule has 10 heteroatoms. The first-order valence-corrected chi connectivity index (χ1v) is 12.5. The van der Waals surface area contributed by atoms with Crippen LogP contribution in [-0.2, 0) is 16.1 Å². The highest BCUT2D eigenvalue weighted by molar-refractivity contribution is 8.00. The average molecular weight is 489 g/mol. The van der Waals surface area contributed by atoms with E-state index in [1.165, 1.54) is 11.3 Å². The topological polar surface area (TPSA) is 68.2 Å². The number of rotatable bonds is 6. The summed E-state index contributed by atoms with van der Waals surface area (Å²) in [5.41, 5.74) is 1.23. The molecule has 2 unspecified atom stereocenters. The Morgan fingerprint density at radius 2 is 1.94 bits per heavy atom. The molecule has 158 valence electrons. The van der Waals surface area contributed by atoms with Gasteiger partial charge in [-0.2, -0.15) is 0 Å². The summed E-state index contributed by atoms with van der Waals surface area (Å²) in [7, 11) is 1.62. The summed E-state index contributed by atoms with van der Waals surface area (Å²) in [6.07, 6.45) is 0. The predicted molar refractivity (Wildman–Crippen MR) is 127 cm³/mol. The smallest absolute Gasteiger partial charge is 0.250 e. The molecule has 0 spiro atoms. The van der Waals surface area contributed by atoms with Crippen molar-refractivity contribution in [1.29, 1.82) is 0 Å². The lowest BCUT2D eigenvalue weighted by Gasteiger charge is -2.52. The largest absolute Gasteiger partial charge is 0.497 e. The number of fused-ring (bicyclic) bond motifs is 1. The number of nitrogens with zero attached hydrogens (tertiary/aromatic N) is 4. The second-order valence-electron chi connectivity index (χ2n) is 7.13. The van der Waals surface area contributed by atoms with Crippen molar-refractivity contribution in [2.75, 3.05) is 12.0 Å². The Hall–Kier alpha value is -2.20. The van der Waals surface area contributed by atoms with Crippen LogP contribution in [0.2, 0.25) is 0 Å². The standard InChI is InChI=1S/C21H17ClN4O2S3/c1-21(12-7-9-13(28-2)10-8-12)17(22)18(27)26(21)19-25-24-16(31-19)11-29-20-23-14-5-3-4-6-15(14)30-20/h3-10,17H,11H2,1-2H3. The number of para-hydroxylation sites is 1. The number of hydrogen-bond acceptors (Lipinski definition) is 8. The number of β-lactam (4-membered cyclic amide) rings is 1. The molecule has 2 aromatic heterocycles. The number of hydrogen-bond donors (Lipinski definition) is 0. The Kier molecular flexibility index (Phi) is 5.37. The lowest BCUT2D eigenvalue weighted by Crippen LogP contribution is -2.69. The monoisotopic (exact) mass is 488 g/mol. The van der Waals surface area contributed by atoms with Gasteiger partial charge in [0.15, 0.2) is 4.34 Å². The number of thiazole rings is 1. The highest BCUT2D eigenvalue weighted by Gasteiger charge is 2.59. The lowest BCUT2D eigenvalue weighted by atomic mass is 9.79. The van der Waals surface area contributed by atoms with Crippen molar-refractivity contribution >= 4 is 67.3 Å². The van der Waals surface area contributed by atoms with Crippen LogP contribution < -0.4 is 9.64 Å². The Bertz CT molecular complexity index is 1230. The van der Waals surface area contributed by atoms with Crippen LogP contribution in [0.5, 0.6) is 5.75 Å². The van der Waals surface area contributed by atoms with Gasteiger partial charge in [-0.3, -0.25) is 9.69 Å². The van der Waals surface area contributed by atoms with Gasteiger partial charge in [0, 0.05) is 0 Å². The van der Waals surface area contributed by atoms with Gasteiger partial charge in [0.1, 0.15) is 16.1 Å². The van der Waals surface area contributed by atoms with Crippen LogP contribution in [0.1, 0.15) is 17.5 Å². The van der Waals surface area contributed by atoms with E-state index in [1.54, 1.807) is 35.1 Å². The second-order valence-corrected chi connectivity index (χ2v) is 10.9. The molecule has 1 aliphatic heterocycles. The molecule has 0 saturated carbocycles. The number of benzene rings is 2.